The van der Waals surface area contributed by atoms with Crippen molar-refractivity contribution in [2.75, 3.05) is 0 Å². The normalized spacial score (nSPS) is 11.0. The van der Waals surface area contributed by atoms with Gasteiger partial charge in [0.05, 0.1) is 0 Å². The van der Waals surface area contributed by atoms with E-state index < -0.39 is 8.07 Å². The van der Waals surface area contributed by atoms with E-state index in [9.17, 15) is 0 Å². The third-order valence-electron chi connectivity index (χ3n) is 1.90. The predicted molar refractivity (Wildman–Crippen MR) is 56.0 cm³/mol. The monoisotopic (exact) mass is 180 g/mol. The third-order valence-corrected chi connectivity index (χ3v) is 7.18. The summed E-state index contributed by atoms with van der Waals surface area (Å²) < 4.78 is 1.43. The Hall–Kier alpha value is -0.603. The van der Waals surface area contributed by atoms with Gasteiger partial charge in [0, 0.05) is 0 Å². The molecular weight excluding hydrogens is 168 g/mol. The largest absolute Gasteiger partial charge is 0.153 e. The molecule has 0 spiro atoms. The molecule has 1 aromatic heterocycles. The van der Waals surface area contributed by atoms with Crippen molar-refractivity contribution in [2.24, 2.45) is 0 Å². The second-order valence-electron chi connectivity index (χ2n) is 2.67. The van der Waals surface area contributed by atoms with Crippen LogP contribution in [0.5, 0.6) is 0 Å². The maximum Gasteiger partial charge on any atom is 0.142 e. The zero-order valence-corrected chi connectivity index (χ0v) is 8.53. The van der Waals surface area contributed by atoms with Crippen LogP contribution < -0.4 is 4.50 Å². The minimum atomic E-state index is -1.47. The van der Waals surface area contributed by atoms with Gasteiger partial charge < -0.3 is 0 Å². The lowest BCUT2D eigenvalue weighted by Crippen LogP contribution is -2.38. The number of thiophene rings is 1. The molecule has 1 rings (SSSR count). The smallest absolute Gasteiger partial charge is 0.142 e. The minimum absolute atomic E-state index is 1.43. The van der Waals surface area contributed by atoms with E-state index in [4.69, 9.17) is 0 Å². The highest BCUT2D eigenvalue weighted by molar-refractivity contribution is 7.27. The lowest BCUT2D eigenvalue weighted by molar-refractivity contribution is 1.94. The molecular formula is C9H12SSi. The second-order valence-corrected chi connectivity index (χ2v) is 7.90. The lowest BCUT2D eigenvalue weighted by atomic mass is 10.7. The molecule has 0 nitrogen and oxygen atoms in total. The van der Waals surface area contributed by atoms with Crippen LogP contribution in [0.3, 0.4) is 0 Å². The van der Waals surface area contributed by atoms with Crippen molar-refractivity contribution in [3.63, 3.8) is 0 Å². The van der Waals surface area contributed by atoms with E-state index in [2.05, 4.69) is 48.6 Å². The van der Waals surface area contributed by atoms with Gasteiger partial charge in [-0.2, -0.15) is 11.3 Å². The molecule has 0 aliphatic rings. The van der Waals surface area contributed by atoms with Crippen LogP contribution in [0.4, 0.5) is 0 Å². The Morgan fingerprint density at radius 1 is 1.45 bits per heavy atom. The van der Waals surface area contributed by atoms with E-state index in [1.165, 1.54) is 4.50 Å². The van der Waals surface area contributed by atoms with Gasteiger partial charge in [0.25, 0.3) is 0 Å². The minimum Gasteiger partial charge on any atom is -0.153 e. The maximum atomic E-state index is 3.86. The van der Waals surface area contributed by atoms with Gasteiger partial charge in [0.2, 0.25) is 0 Å². The summed E-state index contributed by atoms with van der Waals surface area (Å²) in [5.41, 5.74) is 4.12. The van der Waals surface area contributed by atoms with E-state index >= 15 is 0 Å². The fourth-order valence-electron chi connectivity index (χ4n) is 0.870. The SMILES string of the molecule is C=C[Si](C)(C=C)c1cccs1. The quantitative estimate of drug-likeness (QED) is 0.627. The molecule has 1 aromatic rings. The van der Waals surface area contributed by atoms with Crippen LogP contribution in [0, 0.1) is 0 Å². The summed E-state index contributed by atoms with van der Waals surface area (Å²) in [4.78, 5) is 0. The molecule has 0 amide bonds. The molecule has 0 saturated heterocycles. The highest BCUT2D eigenvalue weighted by atomic mass is 32.1. The molecule has 0 atom stereocenters. The summed E-state index contributed by atoms with van der Waals surface area (Å²) in [7, 11) is -1.47. The lowest BCUT2D eigenvalue weighted by Gasteiger charge is -2.15. The van der Waals surface area contributed by atoms with E-state index in [1.54, 1.807) is 11.3 Å². The zero-order valence-electron chi connectivity index (χ0n) is 6.71. The Kier molecular flexibility index (Phi) is 2.47. The molecule has 0 aliphatic carbocycles. The van der Waals surface area contributed by atoms with Crippen LogP contribution in [0.15, 0.2) is 42.1 Å². The Balaban J connectivity index is 3.05. The summed E-state index contributed by atoms with van der Waals surface area (Å²) in [6.45, 7) is 9.96. The van der Waals surface area contributed by atoms with E-state index in [-0.39, 0.29) is 0 Å². The zero-order chi connectivity index (χ0) is 8.32. The molecule has 0 unspecified atom stereocenters. The van der Waals surface area contributed by atoms with Crippen molar-refractivity contribution in [3.8, 4) is 0 Å². The second kappa shape index (κ2) is 3.20. The van der Waals surface area contributed by atoms with Crippen LogP contribution in [0.1, 0.15) is 0 Å². The standard InChI is InChI=1S/C9H12SSi/c1-4-11(3,5-2)9-7-6-8-10-9/h4-8H,1-2H2,3H3. The molecule has 0 radical (unpaired) electrons. The summed E-state index contributed by atoms with van der Waals surface area (Å²) in [6.07, 6.45) is 0. The van der Waals surface area contributed by atoms with Gasteiger partial charge in [0.1, 0.15) is 8.07 Å². The third kappa shape index (κ3) is 1.52. The highest BCUT2D eigenvalue weighted by Crippen LogP contribution is 2.09. The summed E-state index contributed by atoms with van der Waals surface area (Å²) in [5.74, 6) is 0. The Bertz CT molecular complexity index is 241. The molecule has 0 bridgehead atoms. The van der Waals surface area contributed by atoms with Crippen LogP contribution in [0.2, 0.25) is 6.55 Å². The molecule has 2 heteroatoms. The van der Waals surface area contributed by atoms with Crippen molar-refractivity contribution < 1.29 is 0 Å². The van der Waals surface area contributed by atoms with Crippen molar-refractivity contribution in [2.45, 2.75) is 6.55 Å². The molecule has 0 fully saturated rings. The average molecular weight is 180 g/mol. The molecule has 0 N–H and O–H groups in total. The predicted octanol–water partition coefficient (Wildman–Crippen LogP) is 2.48. The molecule has 58 valence electrons. The van der Waals surface area contributed by atoms with Crippen molar-refractivity contribution >= 4 is 23.9 Å². The molecule has 11 heavy (non-hydrogen) atoms. The van der Waals surface area contributed by atoms with Gasteiger partial charge in [-0.25, -0.2) is 0 Å². The van der Waals surface area contributed by atoms with E-state index in [1.807, 2.05) is 0 Å². The topological polar surface area (TPSA) is 0 Å². The van der Waals surface area contributed by atoms with Gasteiger partial charge in [0.15, 0.2) is 0 Å². The summed E-state index contributed by atoms with van der Waals surface area (Å²) in [5, 5.41) is 2.10. The van der Waals surface area contributed by atoms with Gasteiger partial charge >= 0.3 is 0 Å². The summed E-state index contributed by atoms with van der Waals surface area (Å²) in [6, 6.07) is 4.25. The van der Waals surface area contributed by atoms with E-state index in [0.717, 1.165) is 0 Å². The van der Waals surface area contributed by atoms with Crippen LogP contribution in [-0.2, 0) is 0 Å². The van der Waals surface area contributed by atoms with Crippen molar-refractivity contribution in [3.05, 3.63) is 42.1 Å². The van der Waals surface area contributed by atoms with Crippen LogP contribution in [-0.4, -0.2) is 8.07 Å². The number of rotatable bonds is 3. The molecule has 1 heterocycles. The highest BCUT2D eigenvalue weighted by Gasteiger charge is 2.22. The van der Waals surface area contributed by atoms with Gasteiger partial charge in [-0.15, -0.1) is 13.2 Å². The van der Waals surface area contributed by atoms with Crippen molar-refractivity contribution in [1.29, 1.82) is 0 Å². The first-order valence-corrected chi connectivity index (χ1v) is 7.07. The van der Waals surface area contributed by atoms with Gasteiger partial charge in [-0.3, -0.25) is 0 Å². The fraction of sp³-hybridized carbons (Fsp3) is 0.111. The Morgan fingerprint density at radius 3 is 2.45 bits per heavy atom. The van der Waals surface area contributed by atoms with Crippen LogP contribution in [0.25, 0.3) is 0 Å². The molecule has 0 saturated carbocycles. The van der Waals surface area contributed by atoms with Gasteiger partial charge in [-0.05, 0) is 9.88 Å². The van der Waals surface area contributed by atoms with Gasteiger partial charge in [-0.1, -0.05) is 30.1 Å². The molecule has 0 aliphatic heterocycles. The first-order chi connectivity index (χ1) is 5.23. The fourth-order valence-corrected chi connectivity index (χ4v) is 4.07. The van der Waals surface area contributed by atoms with Crippen LogP contribution >= 0.6 is 11.3 Å². The van der Waals surface area contributed by atoms with E-state index in [0.29, 0.717) is 0 Å². The van der Waals surface area contributed by atoms with Crippen molar-refractivity contribution in [1.82, 2.24) is 0 Å². The number of hydrogen-bond acceptors (Lipinski definition) is 1. The Morgan fingerprint density at radius 2 is 2.09 bits per heavy atom. The average Bonchev–Trinajstić information content (AvgIpc) is 2.55. The maximum absolute atomic E-state index is 3.86. The Labute approximate surface area is 72.9 Å². The molecule has 0 aromatic carbocycles. The summed E-state index contributed by atoms with van der Waals surface area (Å²) >= 11 is 1.80. The first kappa shape index (κ1) is 8.49. The number of hydrogen-bond donors (Lipinski definition) is 0. The first-order valence-electron chi connectivity index (χ1n) is 3.54.